The van der Waals surface area contributed by atoms with Gasteiger partial charge < -0.3 is 10.2 Å². The summed E-state index contributed by atoms with van der Waals surface area (Å²) < 4.78 is 0. The van der Waals surface area contributed by atoms with Crippen LogP contribution in [0.15, 0.2) is 24.4 Å². The van der Waals surface area contributed by atoms with Gasteiger partial charge in [-0.25, -0.2) is 0 Å². The van der Waals surface area contributed by atoms with Gasteiger partial charge in [-0.3, -0.25) is 9.78 Å². The molecular weight excluding hydrogens is 322 g/mol. The molecule has 24 heavy (non-hydrogen) atoms. The van der Waals surface area contributed by atoms with Crippen LogP contribution in [-0.2, 0) is 4.79 Å². The van der Waals surface area contributed by atoms with Crippen LogP contribution in [0.3, 0.4) is 0 Å². The number of rotatable bonds is 4. The van der Waals surface area contributed by atoms with E-state index in [1.54, 1.807) is 6.20 Å². The first kappa shape index (κ1) is 15.5. The van der Waals surface area contributed by atoms with Crippen LogP contribution in [0.4, 0.5) is 5.13 Å². The summed E-state index contributed by atoms with van der Waals surface area (Å²) >= 11 is 1.51. The molecule has 1 saturated carbocycles. The number of nitrogens with one attached hydrogen (secondary N) is 1. The maximum atomic E-state index is 12.5. The highest BCUT2D eigenvalue weighted by Crippen LogP contribution is 2.29. The molecule has 1 N–H and O–H groups in total. The Morgan fingerprint density at radius 2 is 2.08 bits per heavy atom. The van der Waals surface area contributed by atoms with E-state index in [9.17, 15) is 4.79 Å². The lowest BCUT2D eigenvalue weighted by atomic mass is 10.1. The SMILES string of the molecule is O=C(C1CCCC1)N1CCC(Nc2nnc(-c3ccccn3)s2)C1. The average Bonchev–Trinajstić information content (AvgIpc) is 3.37. The monoisotopic (exact) mass is 343 g/mol. The number of carbonyl (C=O) groups is 1. The number of anilines is 1. The van der Waals surface area contributed by atoms with Crippen molar-refractivity contribution in [3.05, 3.63) is 24.4 Å². The van der Waals surface area contributed by atoms with Crippen molar-refractivity contribution >= 4 is 22.4 Å². The van der Waals surface area contributed by atoms with E-state index in [0.29, 0.717) is 5.91 Å². The number of amides is 1. The standard InChI is InChI=1S/C17H21N5OS/c23-16(12-5-1-2-6-12)22-10-8-13(11-22)19-17-21-20-15(24-17)14-7-3-4-9-18-14/h3-4,7,9,12-13H,1-2,5-6,8,10-11H2,(H,19,21). The van der Waals surface area contributed by atoms with E-state index in [0.717, 1.165) is 48.2 Å². The Hall–Kier alpha value is -2.02. The van der Waals surface area contributed by atoms with E-state index >= 15 is 0 Å². The van der Waals surface area contributed by atoms with Crippen molar-refractivity contribution in [2.45, 2.75) is 38.1 Å². The molecule has 1 amide bonds. The van der Waals surface area contributed by atoms with Crippen LogP contribution < -0.4 is 5.32 Å². The van der Waals surface area contributed by atoms with E-state index in [1.165, 1.54) is 24.2 Å². The van der Waals surface area contributed by atoms with Gasteiger partial charge in [0.2, 0.25) is 11.0 Å². The first-order valence-corrected chi connectivity index (χ1v) is 9.41. The van der Waals surface area contributed by atoms with Crippen molar-refractivity contribution in [2.24, 2.45) is 5.92 Å². The molecule has 2 aliphatic rings. The summed E-state index contributed by atoms with van der Waals surface area (Å²) in [6.45, 7) is 1.62. The van der Waals surface area contributed by atoms with Gasteiger partial charge in [0.15, 0.2) is 5.01 Å². The van der Waals surface area contributed by atoms with E-state index in [1.807, 2.05) is 23.1 Å². The second-order valence-corrected chi connectivity index (χ2v) is 7.50. The zero-order valence-corrected chi connectivity index (χ0v) is 14.3. The maximum Gasteiger partial charge on any atom is 0.225 e. The minimum absolute atomic E-state index is 0.264. The Morgan fingerprint density at radius 1 is 1.21 bits per heavy atom. The van der Waals surface area contributed by atoms with E-state index < -0.39 is 0 Å². The summed E-state index contributed by atoms with van der Waals surface area (Å²) in [7, 11) is 0. The number of likely N-dealkylation sites (tertiary alicyclic amines) is 1. The zero-order chi connectivity index (χ0) is 16.4. The quantitative estimate of drug-likeness (QED) is 0.924. The molecule has 1 unspecified atom stereocenters. The molecule has 0 bridgehead atoms. The largest absolute Gasteiger partial charge is 0.355 e. The predicted octanol–water partition coefficient (Wildman–Crippen LogP) is 2.80. The first-order valence-electron chi connectivity index (χ1n) is 8.60. The number of carbonyl (C=O) groups excluding carboxylic acids is 1. The smallest absolute Gasteiger partial charge is 0.225 e. The average molecular weight is 343 g/mol. The fourth-order valence-corrected chi connectivity index (χ4v) is 4.36. The van der Waals surface area contributed by atoms with Gasteiger partial charge in [0.05, 0.1) is 0 Å². The van der Waals surface area contributed by atoms with Crippen molar-refractivity contribution in [3.8, 4) is 10.7 Å². The number of hydrogen-bond acceptors (Lipinski definition) is 6. The number of nitrogens with zero attached hydrogens (tertiary/aromatic N) is 4. The van der Waals surface area contributed by atoms with Crippen molar-refractivity contribution < 1.29 is 4.79 Å². The van der Waals surface area contributed by atoms with Gasteiger partial charge >= 0.3 is 0 Å². The fraction of sp³-hybridized carbons (Fsp3) is 0.529. The molecule has 1 aliphatic heterocycles. The van der Waals surface area contributed by atoms with Crippen LogP contribution >= 0.6 is 11.3 Å². The lowest BCUT2D eigenvalue weighted by molar-refractivity contribution is -0.134. The van der Waals surface area contributed by atoms with Crippen LogP contribution in [0.2, 0.25) is 0 Å². The summed E-state index contributed by atoms with van der Waals surface area (Å²) in [6, 6.07) is 6.03. The van der Waals surface area contributed by atoms with E-state index in [4.69, 9.17) is 0 Å². The normalized spacial score (nSPS) is 21.3. The molecule has 2 aromatic heterocycles. The minimum Gasteiger partial charge on any atom is -0.355 e. The number of hydrogen-bond donors (Lipinski definition) is 1. The molecule has 0 aromatic carbocycles. The minimum atomic E-state index is 0.264. The fourth-order valence-electron chi connectivity index (χ4n) is 3.56. The summed E-state index contributed by atoms with van der Waals surface area (Å²) in [5.74, 6) is 0.615. The van der Waals surface area contributed by atoms with Gasteiger partial charge in [0.25, 0.3) is 0 Å². The third-order valence-electron chi connectivity index (χ3n) is 4.84. The third kappa shape index (κ3) is 3.26. The van der Waals surface area contributed by atoms with Crippen LogP contribution in [0.25, 0.3) is 10.7 Å². The van der Waals surface area contributed by atoms with Crippen molar-refractivity contribution in [1.82, 2.24) is 20.1 Å². The van der Waals surface area contributed by atoms with Gasteiger partial charge in [-0.05, 0) is 31.4 Å². The van der Waals surface area contributed by atoms with Crippen LogP contribution in [0.1, 0.15) is 32.1 Å². The second kappa shape index (κ2) is 6.84. The van der Waals surface area contributed by atoms with Crippen LogP contribution in [0, 0.1) is 5.92 Å². The number of pyridine rings is 1. The highest BCUT2D eigenvalue weighted by atomic mass is 32.1. The third-order valence-corrected chi connectivity index (χ3v) is 5.72. The molecule has 126 valence electrons. The van der Waals surface area contributed by atoms with Crippen molar-refractivity contribution in [2.75, 3.05) is 18.4 Å². The highest BCUT2D eigenvalue weighted by molar-refractivity contribution is 7.18. The summed E-state index contributed by atoms with van der Waals surface area (Å²) in [4.78, 5) is 18.8. The number of aromatic nitrogens is 3. The molecule has 3 heterocycles. The topological polar surface area (TPSA) is 71.0 Å². The Bertz CT molecular complexity index is 698. The predicted molar refractivity (Wildman–Crippen MR) is 93.7 cm³/mol. The molecule has 0 radical (unpaired) electrons. The Labute approximate surface area is 145 Å². The maximum absolute atomic E-state index is 12.5. The summed E-state index contributed by atoms with van der Waals surface area (Å²) in [5, 5.41) is 13.5. The molecule has 2 aromatic rings. The van der Waals surface area contributed by atoms with Crippen molar-refractivity contribution in [1.29, 1.82) is 0 Å². The summed E-state index contributed by atoms with van der Waals surface area (Å²) in [6.07, 6.45) is 7.26. The molecule has 1 saturated heterocycles. The molecule has 2 fully saturated rings. The van der Waals surface area contributed by atoms with Crippen LogP contribution in [-0.4, -0.2) is 45.1 Å². The lowest BCUT2D eigenvalue weighted by Gasteiger charge is -2.20. The molecule has 6 nitrogen and oxygen atoms in total. The highest BCUT2D eigenvalue weighted by Gasteiger charge is 2.32. The van der Waals surface area contributed by atoms with Gasteiger partial charge in [-0.15, -0.1) is 10.2 Å². The van der Waals surface area contributed by atoms with Gasteiger partial charge in [0.1, 0.15) is 5.69 Å². The second-order valence-electron chi connectivity index (χ2n) is 6.52. The zero-order valence-electron chi connectivity index (χ0n) is 13.5. The Kier molecular flexibility index (Phi) is 4.42. The molecule has 1 atom stereocenters. The molecule has 0 spiro atoms. The van der Waals surface area contributed by atoms with Crippen molar-refractivity contribution in [3.63, 3.8) is 0 Å². The molecule has 4 rings (SSSR count). The van der Waals surface area contributed by atoms with Gasteiger partial charge in [-0.2, -0.15) is 0 Å². The molecule has 1 aliphatic carbocycles. The first-order chi connectivity index (χ1) is 11.8. The molecule has 7 heteroatoms. The molecular formula is C17H21N5OS. The Morgan fingerprint density at radius 3 is 2.88 bits per heavy atom. The van der Waals surface area contributed by atoms with E-state index in [-0.39, 0.29) is 12.0 Å². The summed E-state index contributed by atoms with van der Waals surface area (Å²) in [5.41, 5.74) is 0.840. The van der Waals surface area contributed by atoms with Crippen LogP contribution in [0.5, 0.6) is 0 Å². The lowest BCUT2D eigenvalue weighted by Crippen LogP contribution is -2.35. The van der Waals surface area contributed by atoms with Gasteiger partial charge in [-0.1, -0.05) is 30.2 Å². The van der Waals surface area contributed by atoms with Gasteiger partial charge in [0, 0.05) is 31.2 Å². The van der Waals surface area contributed by atoms with E-state index in [2.05, 4.69) is 20.5 Å². The Balaban J connectivity index is 1.35.